The summed E-state index contributed by atoms with van der Waals surface area (Å²) in [6, 6.07) is 0. The Labute approximate surface area is 151 Å². The third-order valence-electron chi connectivity index (χ3n) is 9.10. The number of epoxide rings is 3. The SMILES string of the molecule is CC(C)[C@]12O[C@H]1[C@@H]1O[C@]13[C@]1(O[C@H]1C[C@@H]1C4=C(CC[C@@]13C)C(=O)OC4)[C@H]2O. The van der Waals surface area contributed by atoms with Gasteiger partial charge in [-0.3, -0.25) is 0 Å². The molecule has 4 aliphatic heterocycles. The first-order valence-corrected chi connectivity index (χ1v) is 9.95. The topological polar surface area (TPSA) is 84.1 Å². The Morgan fingerprint density at radius 2 is 2.00 bits per heavy atom. The first kappa shape index (κ1) is 15.0. The lowest BCUT2D eigenvalue weighted by Gasteiger charge is -2.53. The molecule has 0 amide bonds. The summed E-state index contributed by atoms with van der Waals surface area (Å²) in [5.74, 6) is 0.297. The molecule has 2 saturated carbocycles. The summed E-state index contributed by atoms with van der Waals surface area (Å²) in [6.07, 6.45) is 1.71. The molecule has 0 aromatic heterocycles. The summed E-state index contributed by atoms with van der Waals surface area (Å²) in [7, 11) is 0. The van der Waals surface area contributed by atoms with Crippen LogP contribution in [0, 0.1) is 17.3 Å². The molecule has 0 bridgehead atoms. The normalized spacial score (nSPS) is 63.1. The largest absolute Gasteiger partial charge is 0.458 e. The zero-order valence-corrected chi connectivity index (χ0v) is 15.3. The smallest absolute Gasteiger partial charge is 0.334 e. The first-order valence-electron chi connectivity index (χ1n) is 9.95. The van der Waals surface area contributed by atoms with Crippen LogP contribution >= 0.6 is 0 Å². The second kappa shape index (κ2) is 3.79. The van der Waals surface area contributed by atoms with Crippen LogP contribution in [0.15, 0.2) is 11.1 Å². The van der Waals surface area contributed by atoms with Gasteiger partial charge in [0.1, 0.15) is 36.1 Å². The van der Waals surface area contributed by atoms with Crippen LogP contribution in [0.4, 0.5) is 0 Å². The zero-order valence-electron chi connectivity index (χ0n) is 15.3. The van der Waals surface area contributed by atoms with Gasteiger partial charge >= 0.3 is 5.97 Å². The fraction of sp³-hybridized carbons (Fsp3) is 0.850. The first-order chi connectivity index (χ1) is 12.3. The number of fused-ring (bicyclic) bond motifs is 4. The van der Waals surface area contributed by atoms with Crippen molar-refractivity contribution in [2.45, 2.75) is 81.3 Å². The Hall–Kier alpha value is -0.950. The van der Waals surface area contributed by atoms with Gasteiger partial charge in [0.15, 0.2) is 5.60 Å². The average Bonchev–Trinajstić information content (AvgIpc) is 3.47. The van der Waals surface area contributed by atoms with Gasteiger partial charge in [0, 0.05) is 11.0 Å². The summed E-state index contributed by atoms with van der Waals surface area (Å²) in [5, 5.41) is 11.4. The van der Waals surface area contributed by atoms with Gasteiger partial charge in [-0.25, -0.2) is 4.79 Å². The van der Waals surface area contributed by atoms with Crippen LogP contribution in [-0.2, 0) is 23.7 Å². The van der Waals surface area contributed by atoms with Crippen molar-refractivity contribution in [2.75, 3.05) is 6.61 Å². The molecule has 140 valence electrons. The quantitative estimate of drug-likeness (QED) is 0.557. The van der Waals surface area contributed by atoms with E-state index in [1.807, 2.05) is 0 Å². The number of cyclic esters (lactones) is 1. The number of carbonyl (C=O) groups is 1. The van der Waals surface area contributed by atoms with E-state index >= 15 is 0 Å². The van der Waals surface area contributed by atoms with Gasteiger partial charge < -0.3 is 24.1 Å². The molecule has 0 radical (unpaired) electrons. The Balaban J connectivity index is 1.39. The summed E-state index contributed by atoms with van der Waals surface area (Å²) in [6.45, 7) is 6.91. The van der Waals surface area contributed by atoms with E-state index in [1.165, 1.54) is 0 Å². The number of aliphatic hydroxyl groups excluding tert-OH is 1. The van der Waals surface area contributed by atoms with Crippen LogP contribution in [0.1, 0.15) is 40.0 Å². The molecular formula is C20H24O6. The molecule has 26 heavy (non-hydrogen) atoms. The van der Waals surface area contributed by atoms with Crippen LogP contribution in [0.2, 0.25) is 0 Å². The molecule has 6 nitrogen and oxygen atoms in total. The minimum Gasteiger partial charge on any atom is -0.458 e. The maximum absolute atomic E-state index is 12.1. The third kappa shape index (κ3) is 1.14. The number of aliphatic hydroxyl groups is 1. The minimum atomic E-state index is -0.654. The van der Waals surface area contributed by atoms with Crippen LogP contribution in [0.5, 0.6) is 0 Å². The van der Waals surface area contributed by atoms with Gasteiger partial charge in [-0.1, -0.05) is 20.8 Å². The molecule has 3 aliphatic carbocycles. The Morgan fingerprint density at radius 3 is 2.77 bits per heavy atom. The zero-order chi connectivity index (χ0) is 17.9. The third-order valence-corrected chi connectivity index (χ3v) is 9.10. The molecule has 1 N–H and O–H groups in total. The predicted octanol–water partition coefficient (Wildman–Crippen LogP) is 1.10. The second-order valence-corrected chi connectivity index (χ2v) is 9.91. The van der Waals surface area contributed by atoms with Gasteiger partial charge in [-0.15, -0.1) is 0 Å². The highest BCUT2D eigenvalue weighted by molar-refractivity contribution is 5.92. The van der Waals surface area contributed by atoms with Crippen LogP contribution in [0.3, 0.4) is 0 Å². The van der Waals surface area contributed by atoms with Gasteiger partial charge in [0.25, 0.3) is 0 Å². The molecule has 9 atom stereocenters. The van der Waals surface area contributed by atoms with E-state index in [0.717, 1.165) is 30.4 Å². The molecule has 0 aromatic rings. The van der Waals surface area contributed by atoms with Crippen molar-refractivity contribution in [1.82, 2.24) is 0 Å². The number of hydrogen-bond donors (Lipinski definition) is 1. The van der Waals surface area contributed by atoms with Crippen molar-refractivity contribution in [3.05, 3.63) is 11.1 Å². The summed E-state index contributed by atoms with van der Waals surface area (Å²) in [4.78, 5) is 12.1. The predicted molar refractivity (Wildman–Crippen MR) is 87.1 cm³/mol. The van der Waals surface area contributed by atoms with E-state index in [0.29, 0.717) is 6.61 Å². The van der Waals surface area contributed by atoms with E-state index < -0.39 is 22.9 Å². The monoisotopic (exact) mass is 360 g/mol. The van der Waals surface area contributed by atoms with Crippen molar-refractivity contribution in [1.29, 1.82) is 0 Å². The van der Waals surface area contributed by atoms with Gasteiger partial charge in [0.05, 0.1) is 6.10 Å². The van der Waals surface area contributed by atoms with E-state index in [2.05, 4.69) is 20.8 Å². The second-order valence-electron chi connectivity index (χ2n) is 9.91. The molecule has 5 fully saturated rings. The molecule has 2 spiro atoms. The lowest BCUT2D eigenvalue weighted by atomic mass is 9.46. The average molecular weight is 360 g/mol. The van der Waals surface area contributed by atoms with Crippen molar-refractivity contribution >= 4 is 5.97 Å². The van der Waals surface area contributed by atoms with E-state index in [1.54, 1.807) is 0 Å². The Bertz CT molecular complexity index is 819. The number of esters is 1. The van der Waals surface area contributed by atoms with Crippen LogP contribution in [-0.4, -0.2) is 58.9 Å². The summed E-state index contributed by atoms with van der Waals surface area (Å²) in [5.41, 5.74) is 0.230. The van der Waals surface area contributed by atoms with Crippen molar-refractivity contribution < 1.29 is 28.8 Å². The van der Waals surface area contributed by atoms with Gasteiger partial charge in [-0.2, -0.15) is 0 Å². The number of rotatable bonds is 1. The highest BCUT2D eigenvalue weighted by atomic mass is 16.7. The highest BCUT2D eigenvalue weighted by Gasteiger charge is 3.00. The van der Waals surface area contributed by atoms with E-state index in [9.17, 15) is 9.90 Å². The molecule has 0 aromatic carbocycles. The standard InChI is InChI=1S/C20H24O6/c1-8(2)18-13(25-18)14-20(26-14)17(3)5-4-9-10(7-23-15(9)21)11(17)6-12-19(20,24-12)16(18)22/h8,11-14,16,22H,4-7H2,1-3H3/t11-,12+,13+,14+,16+,17+,18+,19-,20-/m1/s1. The summed E-state index contributed by atoms with van der Waals surface area (Å²) < 4.78 is 24.3. The molecule has 7 rings (SSSR count). The molecular weight excluding hydrogens is 336 g/mol. The lowest BCUT2D eigenvalue weighted by molar-refractivity contribution is -0.136. The van der Waals surface area contributed by atoms with Crippen LogP contribution in [0.25, 0.3) is 0 Å². The van der Waals surface area contributed by atoms with Gasteiger partial charge in [0.2, 0.25) is 0 Å². The molecule has 6 heteroatoms. The Kier molecular flexibility index (Phi) is 2.19. The number of ether oxygens (including phenoxy) is 4. The van der Waals surface area contributed by atoms with Crippen molar-refractivity contribution in [2.24, 2.45) is 17.3 Å². The fourth-order valence-electron chi connectivity index (χ4n) is 7.70. The highest BCUT2D eigenvalue weighted by Crippen LogP contribution is 2.82. The Morgan fingerprint density at radius 1 is 1.19 bits per heavy atom. The molecule has 3 saturated heterocycles. The molecule has 4 heterocycles. The van der Waals surface area contributed by atoms with E-state index in [4.69, 9.17) is 18.9 Å². The van der Waals surface area contributed by atoms with E-state index in [-0.39, 0.29) is 41.5 Å². The number of carbonyl (C=O) groups excluding carboxylic acids is 1. The fourth-order valence-corrected chi connectivity index (χ4v) is 7.70. The maximum atomic E-state index is 12.1. The lowest BCUT2D eigenvalue weighted by Crippen LogP contribution is -2.69. The van der Waals surface area contributed by atoms with Crippen LogP contribution < -0.4 is 0 Å². The van der Waals surface area contributed by atoms with Crippen molar-refractivity contribution in [3.63, 3.8) is 0 Å². The summed E-state index contributed by atoms with van der Waals surface area (Å²) >= 11 is 0. The minimum absolute atomic E-state index is 0.00808. The molecule has 0 unspecified atom stereocenters. The van der Waals surface area contributed by atoms with Crippen molar-refractivity contribution in [3.8, 4) is 0 Å². The molecule has 7 aliphatic rings. The maximum Gasteiger partial charge on any atom is 0.334 e. The van der Waals surface area contributed by atoms with Gasteiger partial charge in [-0.05, 0) is 36.7 Å². The number of hydrogen-bond acceptors (Lipinski definition) is 6.